The molecule has 7 heteroatoms. The third-order valence-electron chi connectivity index (χ3n) is 3.84. The van der Waals surface area contributed by atoms with Crippen molar-refractivity contribution in [2.75, 3.05) is 14.2 Å². The molecular formula is C17H14FNO4S. The molecule has 0 N–H and O–H groups in total. The Morgan fingerprint density at radius 2 is 1.79 bits per heavy atom. The molecule has 0 amide bonds. The van der Waals surface area contributed by atoms with Crippen molar-refractivity contribution in [3.63, 3.8) is 0 Å². The second kappa shape index (κ2) is 5.76. The van der Waals surface area contributed by atoms with Crippen LogP contribution in [0.3, 0.4) is 0 Å². The van der Waals surface area contributed by atoms with Crippen LogP contribution in [0.1, 0.15) is 11.1 Å². The summed E-state index contributed by atoms with van der Waals surface area (Å²) >= 11 is 0. The van der Waals surface area contributed by atoms with E-state index in [4.69, 9.17) is 4.74 Å². The molecule has 2 aromatic rings. The maximum atomic E-state index is 13.7. The van der Waals surface area contributed by atoms with Crippen LogP contribution in [0.5, 0.6) is 0 Å². The number of esters is 1. The highest BCUT2D eigenvalue weighted by atomic mass is 32.2. The Balaban J connectivity index is 2.42. The highest BCUT2D eigenvalue weighted by Crippen LogP contribution is 2.42. The van der Waals surface area contributed by atoms with Gasteiger partial charge in [0.25, 0.3) is 10.0 Å². The quantitative estimate of drug-likeness (QED) is 0.618. The first kappa shape index (κ1) is 16.2. The van der Waals surface area contributed by atoms with Crippen LogP contribution in [0.15, 0.2) is 53.4 Å². The van der Waals surface area contributed by atoms with Gasteiger partial charge < -0.3 is 4.74 Å². The topological polar surface area (TPSA) is 63.7 Å². The van der Waals surface area contributed by atoms with E-state index >= 15 is 0 Å². The van der Waals surface area contributed by atoms with Gasteiger partial charge in [-0.1, -0.05) is 30.3 Å². The highest BCUT2D eigenvalue weighted by Gasteiger charge is 2.39. The van der Waals surface area contributed by atoms with Crippen LogP contribution in [0.4, 0.5) is 4.39 Å². The lowest BCUT2D eigenvalue weighted by molar-refractivity contribution is -0.133. The average Bonchev–Trinajstić information content (AvgIpc) is 2.76. The standard InChI is InChI=1S/C17H14FNO4S/c1-19-16(13-10-12(18)8-9-14(13)24(19,21)22)15(17(20)23-2)11-6-4-3-5-7-11/h3-10H,1-2H3/b16-15+. The van der Waals surface area contributed by atoms with E-state index in [-0.39, 0.29) is 21.7 Å². The molecule has 124 valence electrons. The van der Waals surface area contributed by atoms with Crippen LogP contribution in [-0.2, 0) is 19.6 Å². The lowest BCUT2D eigenvalue weighted by Crippen LogP contribution is -2.21. The van der Waals surface area contributed by atoms with Crippen LogP contribution < -0.4 is 0 Å². The first-order valence-electron chi connectivity index (χ1n) is 7.05. The van der Waals surface area contributed by atoms with E-state index in [1.165, 1.54) is 20.2 Å². The lowest BCUT2D eigenvalue weighted by atomic mass is 9.99. The van der Waals surface area contributed by atoms with Crippen LogP contribution in [0, 0.1) is 5.82 Å². The molecule has 0 fully saturated rings. The lowest BCUT2D eigenvalue weighted by Gasteiger charge is -2.17. The van der Waals surface area contributed by atoms with E-state index in [1.807, 2.05) is 0 Å². The monoisotopic (exact) mass is 347 g/mol. The number of carbonyl (C=O) groups is 1. The number of sulfonamides is 1. The Kier molecular flexibility index (Phi) is 3.88. The van der Waals surface area contributed by atoms with Crippen molar-refractivity contribution in [2.24, 2.45) is 0 Å². The van der Waals surface area contributed by atoms with Gasteiger partial charge in [0, 0.05) is 12.6 Å². The largest absolute Gasteiger partial charge is 0.465 e. The zero-order chi connectivity index (χ0) is 17.5. The van der Waals surface area contributed by atoms with Gasteiger partial charge in [0.15, 0.2) is 0 Å². The zero-order valence-electron chi connectivity index (χ0n) is 13.0. The molecule has 1 heterocycles. The number of methoxy groups -OCH3 is 1. The van der Waals surface area contributed by atoms with Crippen molar-refractivity contribution < 1.29 is 22.3 Å². The van der Waals surface area contributed by atoms with Crippen LogP contribution in [-0.4, -0.2) is 32.8 Å². The Morgan fingerprint density at radius 1 is 1.12 bits per heavy atom. The van der Waals surface area contributed by atoms with Crippen LogP contribution in [0.25, 0.3) is 11.3 Å². The van der Waals surface area contributed by atoms with E-state index in [0.717, 1.165) is 16.4 Å². The number of fused-ring (bicyclic) bond motifs is 1. The van der Waals surface area contributed by atoms with Crippen molar-refractivity contribution in [3.05, 3.63) is 65.5 Å². The predicted molar refractivity (Wildman–Crippen MR) is 86.6 cm³/mol. The number of ether oxygens (including phenoxy) is 1. The molecule has 24 heavy (non-hydrogen) atoms. The zero-order valence-corrected chi connectivity index (χ0v) is 13.8. The summed E-state index contributed by atoms with van der Waals surface area (Å²) in [6, 6.07) is 11.9. The average molecular weight is 347 g/mol. The van der Waals surface area contributed by atoms with Gasteiger partial charge in [-0.2, -0.15) is 0 Å². The van der Waals surface area contributed by atoms with Gasteiger partial charge in [0.1, 0.15) is 5.82 Å². The Labute approximate surface area is 139 Å². The fraction of sp³-hybridized carbons (Fsp3) is 0.118. The maximum Gasteiger partial charge on any atom is 0.340 e. The number of hydrogen-bond donors (Lipinski definition) is 0. The fourth-order valence-corrected chi connectivity index (χ4v) is 4.10. The molecule has 0 spiro atoms. The van der Waals surface area contributed by atoms with Gasteiger partial charge in [-0.25, -0.2) is 17.6 Å². The van der Waals surface area contributed by atoms with Crippen molar-refractivity contribution >= 4 is 27.3 Å². The number of carbonyl (C=O) groups excluding carboxylic acids is 1. The minimum Gasteiger partial charge on any atom is -0.465 e. The molecule has 5 nitrogen and oxygen atoms in total. The molecule has 1 aliphatic heterocycles. The number of benzene rings is 2. The molecule has 0 bridgehead atoms. The molecular weight excluding hydrogens is 333 g/mol. The summed E-state index contributed by atoms with van der Waals surface area (Å²) in [5.74, 6) is -1.29. The summed E-state index contributed by atoms with van der Waals surface area (Å²) in [7, 11) is -1.31. The van der Waals surface area contributed by atoms with Gasteiger partial charge in [-0.3, -0.25) is 4.31 Å². The first-order chi connectivity index (χ1) is 11.4. The number of hydrogen-bond acceptors (Lipinski definition) is 4. The molecule has 2 aromatic carbocycles. The van der Waals surface area contributed by atoms with E-state index in [0.29, 0.717) is 5.56 Å². The third kappa shape index (κ3) is 2.37. The summed E-state index contributed by atoms with van der Waals surface area (Å²) in [5.41, 5.74) is 0.788. The van der Waals surface area contributed by atoms with E-state index in [2.05, 4.69) is 0 Å². The van der Waals surface area contributed by atoms with Gasteiger partial charge in [-0.15, -0.1) is 0 Å². The Morgan fingerprint density at radius 3 is 2.42 bits per heavy atom. The third-order valence-corrected chi connectivity index (χ3v) is 5.65. The molecule has 1 aliphatic rings. The smallest absolute Gasteiger partial charge is 0.340 e. The molecule has 0 aromatic heterocycles. The second-order valence-corrected chi connectivity index (χ2v) is 7.13. The van der Waals surface area contributed by atoms with Crippen molar-refractivity contribution in [3.8, 4) is 0 Å². The number of halogens is 1. The number of nitrogens with zero attached hydrogens (tertiary/aromatic N) is 1. The summed E-state index contributed by atoms with van der Waals surface area (Å²) in [6.07, 6.45) is 0. The molecule has 0 saturated heterocycles. The molecule has 0 radical (unpaired) electrons. The maximum absolute atomic E-state index is 13.7. The van der Waals surface area contributed by atoms with Crippen molar-refractivity contribution in [2.45, 2.75) is 4.90 Å². The summed E-state index contributed by atoms with van der Waals surface area (Å²) in [5, 5.41) is 0. The van der Waals surface area contributed by atoms with Gasteiger partial charge in [0.05, 0.1) is 23.3 Å². The SMILES string of the molecule is COC(=O)/C(=C1\c2cc(F)ccc2S(=O)(=O)N1C)c1ccccc1. The van der Waals surface area contributed by atoms with Gasteiger partial charge in [0.2, 0.25) is 0 Å². The first-order valence-corrected chi connectivity index (χ1v) is 8.49. The van der Waals surface area contributed by atoms with Crippen LogP contribution in [0.2, 0.25) is 0 Å². The molecule has 0 atom stereocenters. The summed E-state index contributed by atoms with van der Waals surface area (Å²) < 4.78 is 44.7. The van der Waals surface area contributed by atoms with Gasteiger partial charge in [-0.05, 0) is 23.8 Å². The van der Waals surface area contributed by atoms with Crippen LogP contribution >= 0.6 is 0 Å². The normalized spacial score (nSPS) is 17.4. The fourth-order valence-electron chi connectivity index (χ4n) is 2.70. The van der Waals surface area contributed by atoms with E-state index in [9.17, 15) is 17.6 Å². The summed E-state index contributed by atoms with van der Waals surface area (Å²) in [6.45, 7) is 0. The van der Waals surface area contributed by atoms with E-state index < -0.39 is 21.8 Å². The highest BCUT2D eigenvalue weighted by molar-refractivity contribution is 7.90. The number of rotatable bonds is 2. The molecule has 0 aliphatic carbocycles. The summed E-state index contributed by atoms with van der Waals surface area (Å²) in [4.78, 5) is 12.3. The minimum absolute atomic E-state index is 0.0428. The Bertz CT molecular complexity index is 952. The molecule has 0 saturated carbocycles. The second-order valence-electron chi connectivity index (χ2n) is 5.19. The molecule has 3 rings (SSSR count). The van der Waals surface area contributed by atoms with Crippen molar-refractivity contribution in [1.29, 1.82) is 0 Å². The molecule has 0 unspecified atom stereocenters. The Hall–Kier alpha value is -2.67. The van der Waals surface area contributed by atoms with E-state index in [1.54, 1.807) is 30.3 Å². The predicted octanol–water partition coefficient (Wildman–Crippen LogP) is 2.50. The van der Waals surface area contributed by atoms with Crippen molar-refractivity contribution in [1.82, 2.24) is 4.31 Å². The van der Waals surface area contributed by atoms with Gasteiger partial charge >= 0.3 is 5.97 Å². The minimum atomic E-state index is -3.84.